The topological polar surface area (TPSA) is 23.6 Å². The number of urea groups is 1. The van der Waals surface area contributed by atoms with Gasteiger partial charge in [0, 0.05) is 11.4 Å². The van der Waals surface area contributed by atoms with Crippen molar-refractivity contribution in [1.29, 1.82) is 0 Å². The molecule has 1 unspecified atom stereocenters. The number of aryl methyl sites for hydroxylation is 1. The van der Waals surface area contributed by atoms with E-state index in [0.29, 0.717) is 0 Å². The van der Waals surface area contributed by atoms with Crippen LogP contribution in [-0.4, -0.2) is 11.6 Å². The summed E-state index contributed by atoms with van der Waals surface area (Å²) in [6.45, 7) is 6.39. The maximum atomic E-state index is 13.6. The lowest BCUT2D eigenvalue weighted by atomic mass is 9.87. The lowest BCUT2D eigenvalue weighted by molar-refractivity contribution is 0.254. The van der Waals surface area contributed by atoms with Crippen molar-refractivity contribution in [2.45, 2.75) is 32.4 Å². The highest BCUT2D eigenvalue weighted by Gasteiger charge is 2.53. The number of carbonyl (C=O) groups is 1. The molecule has 0 aromatic heterocycles. The Labute approximate surface area is 160 Å². The average Bonchev–Trinajstić information content (AvgIpc) is 2.88. The van der Waals surface area contributed by atoms with Gasteiger partial charge in [-0.1, -0.05) is 66.2 Å². The number of nitrogens with zero attached hydrogens (tertiary/aromatic N) is 2. The molecule has 0 aliphatic carbocycles. The van der Waals surface area contributed by atoms with E-state index in [-0.39, 0.29) is 12.1 Å². The van der Waals surface area contributed by atoms with Crippen molar-refractivity contribution >= 4 is 17.4 Å². The zero-order valence-electron chi connectivity index (χ0n) is 16.0. The SMILES string of the molecule is Cc1cccc(C2N(c3ccccc3)C(=O)N(c3ccccc3)C2(C)C)c1. The van der Waals surface area contributed by atoms with Crippen LogP contribution in [0.5, 0.6) is 0 Å². The van der Waals surface area contributed by atoms with Crippen molar-refractivity contribution < 1.29 is 4.79 Å². The fraction of sp³-hybridized carbons (Fsp3) is 0.208. The smallest absolute Gasteiger partial charge is 0.286 e. The normalized spacial score (nSPS) is 18.8. The van der Waals surface area contributed by atoms with Crippen molar-refractivity contribution in [2.75, 3.05) is 9.80 Å². The fourth-order valence-electron chi connectivity index (χ4n) is 4.17. The van der Waals surface area contributed by atoms with Crippen LogP contribution in [0.4, 0.5) is 16.2 Å². The van der Waals surface area contributed by atoms with Crippen molar-refractivity contribution in [1.82, 2.24) is 0 Å². The van der Waals surface area contributed by atoms with Crippen molar-refractivity contribution in [3.63, 3.8) is 0 Å². The van der Waals surface area contributed by atoms with Gasteiger partial charge in [-0.05, 0) is 50.6 Å². The van der Waals surface area contributed by atoms with Crippen LogP contribution in [0.15, 0.2) is 84.9 Å². The molecular weight excluding hydrogens is 332 g/mol. The molecule has 0 radical (unpaired) electrons. The third kappa shape index (κ3) is 2.89. The summed E-state index contributed by atoms with van der Waals surface area (Å²) in [7, 11) is 0. The molecule has 1 atom stereocenters. The predicted molar refractivity (Wildman–Crippen MR) is 111 cm³/mol. The predicted octanol–water partition coefficient (Wildman–Crippen LogP) is 5.96. The Balaban J connectivity index is 1.91. The lowest BCUT2D eigenvalue weighted by Crippen LogP contribution is -2.43. The monoisotopic (exact) mass is 356 g/mol. The van der Waals surface area contributed by atoms with Crippen molar-refractivity contribution in [3.8, 4) is 0 Å². The largest absolute Gasteiger partial charge is 0.330 e. The molecule has 27 heavy (non-hydrogen) atoms. The van der Waals surface area contributed by atoms with Crippen LogP contribution in [0.1, 0.15) is 31.0 Å². The van der Waals surface area contributed by atoms with Gasteiger partial charge < -0.3 is 0 Å². The van der Waals surface area contributed by atoms with Crippen LogP contribution in [0.25, 0.3) is 0 Å². The van der Waals surface area contributed by atoms with Gasteiger partial charge in [0.15, 0.2) is 0 Å². The molecule has 3 aromatic carbocycles. The Morgan fingerprint density at radius 3 is 1.96 bits per heavy atom. The highest BCUT2D eigenvalue weighted by molar-refractivity contribution is 6.08. The summed E-state index contributed by atoms with van der Waals surface area (Å²) >= 11 is 0. The van der Waals surface area contributed by atoms with Gasteiger partial charge in [0.05, 0.1) is 11.6 Å². The second-order valence-corrected chi connectivity index (χ2v) is 7.63. The molecule has 1 fully saturated rings. The van der Waals surface area contributed by atoms with Gasteiger partial charge in [-0.15, -0.1) is 0 Å². The molecule has 136 valence electrons. The second-order valence-electron chi connectivity index (χ2n) is 7.63. The first-order valence-electron chi connectivity index (χ1n) is 9.30. The van der Waals surface area contributed by atoms with E-state index in [1.807, 2.05) is 70.5 Å². The van der Waals surface area contributed by atoms with E-state index in [4.69, 9.17) is 0 Å². The molecule has 3 nitrogen and oxygen atoms in total. The third-order valence-corrected chi connectivity index (χ3v) is 5.31. The molecule has 4 rings (SSSR count). The molecule has 0 N–H and O–H groups in total. The second kappa shape index (κ2) is 6.58. The Morgan fingerprint density at radius 2 is 1.37 bits per heavy atom. The average molecular weight is 356 g/mol. The number of benzene rings is 3. The highest BCUT2D eigenvalue weighted by Crippen LogP contribution is 2.47. The molecule has 1 saturated heterocycles. The first kappa shape index (κ1) is 17.3. The standard InChI is InChI=1S/C24H24N2O/c1-18-11-10-12-19(17-18)22-24(2,3)26(21-15-8-5-9-16-21)23(27)25(22)20-13-6-4-7-14-20/h4-17,22H,1-3H3. The first-order valence-corrected chi connectivity index (χ1v) is 9.30. The van der Waals surface area contributed by atoms with E-state index in [1.54, 1.807) is 0 Å². The summed E-state index contributed by atoms with van der Waals surface area (Å²) in [6, 6.07) is 28.3. The minimum Gasteiger partial charge on any atom is -0.286 e. The summed E-state index contributed by atoms with van der Waals surface area (Å²) in [5.41, 5.74) is 3.77. The van der Waals surface area contributed by atoms with Gasteiger partial charge in [0.2, 0.25) is 0 Å². The summed E-state index contributed by atoms with van der Waals surface area (Å²) in [5, 5.41) is 0. The van der Waals surface area contributed by atoms with Crippen LogP contribution < -0.4 is 9.80 Å². The number of anilines is 2. The minimum atomic E-state index is -0.415. The Kier molecular flexibility index (Phi) is 4.23. The van der Waals surface area contributed by atoms with E-state index in [9.17, 15) is 4.79 Å². The van der Waals surface area contributed by atoms with Crippen molar-refractivity contribution in [2.24, 2.45) is 0 Å². The van der Waals surface area contributed by atoms with Crippen LogP contribution in [0.2, 0.25) is 0 Å². The number of para-hydroxylation sites is 2. The summed E-state index contributed by atoms with van der Waals surface area (Å²) in [4.78, 5) is 17.5. The molecule has 0 saturated carbocycles. The Morgan fingerprint density at radius 1 is 0.778 bits per heavy atom. The third-order valence-electron chi connectivity index (χ3n) is 5.31. The van der Waals surface area contributed by atoms with Gasteiger partial charge in [-0.3, -0.25) is 9.80 Å². The Bertz CT molecular complexity index is 950. The number of hydrogen-bond acceptors (Lipinski definition) is 1. The van der Waals surface area contributed by atoms with E-state index in [2.05, 4.69) is 45.0 Å². The molecule has 1 heterocycles. The lowest BCUT2D eigenvalue weighted by Gasteiger charge is -2.35. The number of rotatable bonds is 3. The van der Waals surface area contributed by atoms with Crippen molar-refractivity contribution in [3.05, 3.63) is 96.1 Å². The number of amides is 2. The van der Waals surface area contributed by atoms with Gasteiger partial charge >= 0.3 is 6.03 Å². The molecule has 1 aliphatic heterocycles. The van der Waals surface area contributed by atoms with Crippen LogP contribution in [0.3, 0.4) is 0 Å². The summed E-state index contributed by atoms with van der Waals surface area (Å²) < 4.78 is 0. The quantitative estimate of drug-likeness (QED) is 0.568. The minimum absolute atomic E-state index is 0.00362. The van der Waals surface area contributed by atoms with Gasteiger partial charge in [-0.2, -0.15) is 0 Å². The zero-order valence-corrected chi connectivity index (χ0v) is 16.0. The van der Waals surface area contributed by atoms with E-state index >= 15 is 0 Å². The summed E-state index contributed by atoms with van der Waals surface area (Å²) in [6.07, 6.45) is 0. The molecule has 0 spiro atoms. The number of hydrogen-bond donors (Lipinski definition) is 0. The number of carbonyl (C=O) groups excluding carboxylic acids is 1. The highest BCUT2D eigenvalue weighted by atomic mass is 16.2. The van der Waals surface area contributed by atoms with Gasteiger partial charge in [-0.25, -0.2) is 4.79 Å². The molecule has 0 bridgehead atoms. The van der Waals surface area contributed by atoms with E-state index in [0.717, 1.165) is 16.9 Å². The van der Waals surface area contributed by atoms with Crippen LogP contribution in [0, 0.1) is 6.92 Å². The molecule has 2 amide bonds. The van der Waals surface area contributed by atoms with Gasteiger partial charge in [0.25, 0.3) is 0 Å². The van der Waals surface area contributed by atoms with Crippen LogP contribution in [-0.2, 0) is 0 Å². The Hall–Kier alpha value is -3.07. The maximum absolute atomic E-state index is 13.6. The summed E-state index contributed by atoms with van der Waals surface area (Å²) in [5.74, 6) is 0. The molecular formula is C24H24N2O. The van der Waals surface area contributed by atoms with E-state index in [1.165, 1.54) is 5.56 Å². The molecule has 3 aromatic rings. The van der Waals surface area contributed by atoms with Crippen LogP contribution >= 0.6 is 0 Å². The van der Waals surface area contributed by atoms with Gasteiger partial charge in [0.1, 0.15) is 0 Å². The van der Waals surface area contributed by atoms with E-state index < -0.39 is 5.54 Å². The molecule has 1 aliphatic rings. The zero-order chi connectivity index (χ0) is 19.0. The first-order chi connectivity index (χ1) is 13.0. The molecule has 3 heteroatoms. The maximum Gasteiger partial charge on any atom is 0.330 e. The fourth-order valence-corrected chi connectivity index (χ4v) is 4.17.